The molecule has 0 bridgehead atoms. The second kappa shape index (κ2) is 9.56. The van der Waals surface area contributed by atoms with E-state index < -0.39 is 0 Å². The molecule has 7 heteroatoms. The molecule has 2 saturated heterocycles. The summed E-state index contributed by atoms with van der Waals surface area (Å²) in [4.78, 5) is 16.7. The maximum atomic E-state index is 14.7. The van der Waals surface area contributed by atoms with Crippen molar-refractivity contribution < 1.29 is 13.9 Å². The van der Waals surface area contributed by atoms with Gasteiger partial charge in [0.2, 0.25) is 0 Å². The molecule has 2 heterocycles. The summed E-state index contributed by atoms with van der Waals surface area (Å²) in [6.45, 7) is 10.4. The van der Waals surface area contributed by atoms with Crippen molar-refractivity contribution in [3.8, 4) is 0 Å². The fourth-order valence-corrected chi connectivity index (χ4v) is 4.12. The van der Waals surface area contributed by atoms with E-state index in [-0.39, 0.29) is 30.1 Å². The number of amides is 2. The summed E-state index contributed by atoms with van der Waals surface area (Å²) in [5.74, 6) is -0.330. The molecule has 0 saturated carbocycles. The van der Waals surface area contributed by atoms with Gasteiger partial charge in [0, 0.05) is 31.4 Å². The SMILES string of the molecule is CC[C@H](CN1CCCC1)NC(=O)Nc1ccc(N2C[C@@H](C)O[C@H](C)C2)c(F)c1. The molecule has 0 aliphatic carbocycles. The Bertz CT molecular complexity index is 656. The van der Waals surface area contributed by atoms with Gasteiger partial charge in [0.15, 0.2) is 0 Å². The number of rotatable bonds is 6. The van der Waals surface area contributed by atoms with Gasteiger partial charge in [-0.2, -0.15) is 0 Å². The number of carbonyl (C=O) groups is 1. The number of anilines is 2. The number of nitrogens with zero attached hydrogens (tertiary/aromatic N) is 2. The molecule has 2 aliphatic heterocycles. The van der Waals surface area contributed by atoms with Crippen molar-refractivity contribution in [2.24, 2.45) is 0 Å². The standard InChI is InChI=1S/C21H33FN4O2/c1-4-17(14-25-9-5-6-10-25)23-21(27)24-18-7-8-20(19(22)11-18)26-12-15(2)28-16(3)13-26/h7-8,11,15-17H,4-6,9-10,12-14H2,1-3H3,(H2,23,24,27)/t15-,16-,17-/m1/s1. The van der Waals surface area contributed by atoms with Crippen molar-refractivity contribution in [1.82, 2.24) is 10.2 Å². The number of likely N-dealkylation sites (tertiary alicyclic amines) is 1. The maximum Gasteiger partial charge on any atom is 0.319 e. The summed E-state index contributed by atoms with van der Waals surface area (Å²) in [6.07, 6.45) is 3.45. The summed E-state index contributed by atoms with van der Waals surface area (Å²) in [5, 5.41) is 5.78. The number of nitrogens with one attached hydrogen (secondary N) is 2. The van der Waals surface area contributed by atoms with Gasteiger partial charge in [-0.3, -0.25) is 0 Å². The Morgan fingerprint density at radius 2 is 1.93 bits per heavy atom. The molecule has 2 fully saturated rings. The molecule has 3 atom stereocenters. The second-order valence-electron chi connectivity index (χ2n) is 8.04. The molecule has 0 spiro atoms. The van der Waals surface area contributed by atoms with E-state index in [1.807, 2.05) is 18.7 Å². The van der Waals surface area contributed by atoms with Crippen molar-refractivity contribution in [3.05, 3.63) is 24.0 Å². The maximum absolute atomic E-state index is 14.7. The highest BCUT2D eigenvalue weighted by molar-refractivity contribution is 5.89. The van der Waals surface area contributed by atoms with Gasteiger partial charge in [-0.25, -0.2) is 9.18 Å². The third kappa shape index (κ3) is 5.58. The predicted octanol–water partition coefficient (Wildman–Crippen LogP) is 3.44. The van der Waals surface area contributed by atoms with Crippen LogP contribution in [0.3, 0.4) is 0 Å². The molecule has 3 rings (SSSR count). The van der Waals surface area contributed by atoms with Crippen LogP contribution in [-0.2, 0) is 4.74 Å². The number of carbonyl (C=O) groups excluding carboxylic acids is 1. The van der Waals surface area contributed by atoms with Crippen molar-refractivity contribution >= 4 is 17.4 Å². The summed E-state index contributed by atoms with van der Waals surface area (Å²) in [7, 11) is 0. The van der Waals surface area contributed by atoms with Gasteiger partial charge in [-0.15, -0.1) is 0 Å². The topological polar surface area (TPSA) is 56.8 Å². The van der Waals surface area contributed by atoms with E-state index >= 15 is 0 Å². The van der Waals surface area contributed by atoms with E-state index in [0.717, 1.165) is 26.1 Å². The lowest BCUT2D eigenvalue weighted by Gasteiger charge is -2.37. The molecule has 2 aliphatic rings. The van der Waals surface area contributed by atoms with Crippen LogP contribution in [0.15, 0.2) is 18.2 Å². The number of hydrogen-bond donors (Lipinski definition) is 2. The Morgan fingerprint density at radius 3 is 2.54 bits per heavy atom. The Balaban J connectivity index is 1.56. The molecule has 0 radical (unpaired) electrons. The van der Waals surface area contributed by atoms with Gasteiger partial charge in [0.05, 0.1) is 17.9 Å². The van der Waals surface area contributed by atoms with Crippen molar-refractivity contribution in [2.75, 3.05) is 42.9 Å². The highest BCUT2D eigenvalue weighted by atomic mass is 19.1. The van der Waals surface area contributed by atoms with Gasteiger partial charge in [-0.05, 0) is 64.4 Å². The van der Waals surface area contributed by atoms with Gasteiger partial charge in [-0.1, -0.05) is 6.92 Å². The van der Waals surface area contributed by atoms with E-state index in [9.17, 15) is 9.18 Å². The minimum Gasteiger partial charge on any atom is -0.372 e. The first-order valence-electron chi connectivity index (χ1n) is 10.4. The van der Waals surface area contributed by atoms with Crippen molar-refractivity contribution in [3.63, 3.8) is 0 Å². The Hall–Kier alpha value is -1.86. The van der Waals surface area contributed by atoms with E-state index in [1.165, 1.54) is 18.9 Å². The van der Waals surface area contributed by atoms with Crippen LogP contribution in [0, 0.1) is 5.82 Å². The minimum absolute atomic E-state index is 0.0633. The Kier molecular flexibility index (Phi) is 7.13. The highest BCUT2D eigenvalue weighted by Gasteiger charge is 2.24. The Morgan fingerprint density at radius 1 is 1.25 bits per heavy atom. The van der Waals surface area contributed by atoms with Gasteiger partial charge in [0.1, 0.15) is 5.82 Å². The fourth-order valence-electron chi connectivity index (χ4n) is 4.12. The number of hydrogen-bond acceptors (Lipinski definition) is 4. The van der Waals surface area contributed by atoms with Crippen LogP contribution in [0.25, 0.3) is 0 Å². The van der Waals surface area contributed by atoms with Crippen LogP contribution < -0.4 is 15.5 Å². The van der Waals surface area contributed by atoms with Crippen LogP contribution >= 0.6 is 0 Å². The van der Waals surface area contributed by atoms with Gasteiger partial charge < -0.3 is 25.2 Å². The lowest BCUT2D eigenvalue weighted by atomic mass is 10.2. The van der Waals surface area contributed by atoms with E-state index in [0.29, 0.717) is 24.5 Å². The third-order valence-electron chi connectivity index (χ3n) is 5.47. The zero-order valence-electron chi connectivity index (χ0n) is 17.2. The molecular formula is C21H33FN4O2. The molecule has 156 valence electrons. The number of benzene rings is 1. The highest BCUT2D eigenvalue weighted by Crippen LogP contribution is 2.26. The van der Waals surface area contributed by atoms with Gasteiger partial charge >= 0.3 is 6.03 Å². The lowest BCUT2D eigenvalue weighted by Crippen LogP contribution is -2.45. The normalized spacial score (nSPS) is 24.2. The minimum atomic E-state index is -0.330. The van der Waals surface area contributed by atoms with Crippen LogP contribution in [0.4, 0.5) is 20.6 Å². The summed E-state index contributed by atoms with van der Waals surface area (Å²) >= 11 is 0. The van der Waals surface area contributed by atoms with E-state index in [4.69, 9.17) is 4.74 Å². The van der Waals surface area contributed by atoms with Crippen LogP contribution in [0.5, 0.6) is 0 Å². The zero-order chi connectivity index (χ0) is 20.1. The molecule has 6 nitrogen and oxygen atoms in total. The average molecular weight is 393 g/mol. The number of ether oxygens (including phenoxy) is 1. The van der Waals surface area contributed by atoms with E-state index in [1.54, 1.807) is 12.1 Å². The quantitative estimate of drug-likeness (QED) is 0.779. The van der Waals surface area contributed by atoms with Crippen LogP contribution in [-0.4, -0.2) is 61.9 Å². The number of halogens is 1. The molecule has 0 aromatic heterocycles. The molecule has 1 aromatic carbocycles. The zero-order valence-corrected chi connectivity index (χ0v) is 17.2. The van der Waals surface area contributed by atoms with Gasteiger partial charge in [0.25, 0.3) is 0 Å². The summed E-state index contributed by atoms with van der Waals surface area (Å²) in [5.41, 5.74) is 1.01. The van der Waals surface area contributed by atoms with Crippen molar-refractivity contribution in [1.29, 1.82) is 0 Å². The number of morpholine rings is 1. The third-order valence-corrected chi connectivity index (χ3v) is 5.47. The smallest absolute Gasteiger partial charge is 0.319 e. The Labute approximate surface area is 167 Å². The monoisotopic (exact) mass is 392 g/mol. The molecule has 1 aromatic rings. The first-order valence-corrected chi connectivity index (χ1v) is 10.4. The molecule has 2 amide bonds. The fraction of sp³-hybridized carbons (Fsp3) is 0.667. The van der Waals surface area contributed by atoms with Crippen molar-refractivity contribution in [2.45, 2.75) is 58.3 Å². The van der Waals surface area contributed by atoms with Crippen LogP contribution in [0.1, 0.15) is 40.0 Å². The molecule has 0 unspecified atom stereocenters. The lowest BCUT2D eigenvalue weighted by molar-refractivity contribution is -0.00539. The molecular weight excluding hydrogens is 359 g/mol. The summed E-state index contributed by atoms with van der Waals surface area (Å²) < 4.78 is 20.4. The summed E-state index contributed by atoms with van der Waals surface area (Å²) in [6, 6.07) is 4.69. The largest absolute Gasteiger partial charge is 0.372 e. The van der Waals surface area contributed by atoms with E-state index in [2.05, 4.69) is 22.5 Å². The van der Waals surface area contributed by atoms with Crippen LogP contribution in [0.2, 0.25) is 0 Å². The first kappa shape index (κ1) is 20.9. The predicted molar refractivity (Wildman–Crippen MR) is 111 cm³/mol. The first-order chi connectivity index (χ1) is 13.4. The average Bonchev–Trinajstić information content (AvgIpc) is 3.13. The number of urea groups is 1. The second-order valence-corrected chi connectivity index (χ2v) is 8.04. The molecule has 28 heavy (non-hydrogen) atoms. The molecule has 2 N–H and O–H groups in total.